The molecule has 1 aromatic rings. The highest BCUT2D eigenvalue weighted by atomic mass is 16.5. The molecule has 0 saturated heterocycles. The largest absolute Gasteiger partial charge is 0.481 e. The van der Waals surface area contributed by atoms with Crippen molar-refractivity contribution in [2.24, 2.45) is 0 Å². The second-order valence-corrected chi connectivity index (χ2v) is 4.94. The molecule has 2 N–H and O–H groups in total. The quantitative estimate of drug-likeness (QED) is 0.682. The summed E-state index contributed by atoms with van der Waals surface area (Å²) >= 11 is 0. The molecule has 1 amide bonds. The smallest absolute Gasteiger partial charge is 0.315 e. The third-order valence-electron chi connectivity index (χ3n) is 3.51. The predicted octanol–water partition coefficient (Wildman–Crippen LogP) is 1.96. The van der Waals surface area contributed by atoms with Crippen LogP contribution in [-0.4, -0.2) is 36.7 Å². The van der Waals surface area contributed by atoms with Crippen molar-refractivity contribution in [2.75, 3.05) is 19.8 Å². The first kappa shape index (κ1) is 17.2. The number of aliphatic carboxylic acids is 1. The summed E-state index contributed by atoms with van der Waals surface area (Å²) in [5.74, 6) is -1.23. The molecule has 0 fully saturated rings. The van der Waals surface area contributed by atoms with E-state index in [1.165, 1.54) is 0 Å². The minimum Gasteiger partial charge on any atom is -0.481 e. The monoisotopic (exact) mass is 293 g/mol. The number of rotatable bonds is 9. The predicted molar refractivity (Wildman–Crippen MR) is 80.2 cm³/mol. The van der Waals surface area contributed by atoms with Crippen LogP contribution in [0.15, 0.2) is 30.3 Å². The second-order valence-electron chi connectivity index (χ2n) is 4.94. The number of carbonyl (C=O) groups excluding carboxylic acids is 1. The molecule has 1 aromatic carbocycles. The van der Waals surface area contributed by atoms with Gasteiger partial charge in [0, 0.05) is 13.2 Å². The van der Waals surface area contributed by atoms with Crippen molar-refractivity contribution in [3.63, 3.8) is 0 Å². The van der Waals surface area contributed by atoms with Gasteiger partial charge < -0.3 is 15.2 Å². The molecule has 1 unspecified atom stereocenters. The number of carbonyl (C=O) groups is 2. The maximum absolute atomic E-state index is 11.7. The third kappa shape index (κ3) is 4.56. The van der Waals surface area contributed by atoms with Crippen molar-refractivity contribution < 1.29 is 19.4 Å². The molecule has 0 radical (unpaired) electrons. The van der Waals surface area contributed by atoms with Crippen molar-refractivity contribution in [3.8, 4) is 0 Å². The van der Waals surface area contributed by atoms with Crippen molar-refractivity contribution in [3.05, 3.63) is 35.9 Å². The van der Waals surface area contributed by atoms with Gasteiger partial charge in [-0.15, -0.1) is 0 Å². The first-order valence-electron chi connectivity index (χ1n) is 7.20. The van der Waals surface area contributed by atoms with Gasteiger partial charge in [-0.05, 0) is 18.4 Å². The van der Waals surface area contributed by atoms with Gasteiger partial charge in [-0.1, -0.05) is 44.2 Å². The van der Waals surface area contributed by atoms with E-state index in [2.05, 4.69) is 5.32 Å². The van der Waals surface area contributed by atoms with Gasteiger partial charge in [0.05, 0.1) is 0 Å². The summed E-state index contributed by atoms with van der Waals surface area (Å²) in [4.78, 5) is 23.4. The van der Waals surface area contributed by atoms with Crippen LogP contribution in [0.5, 0.6) is 0 Å². The Morgan fingerprint density at radius 2 is 1.90 bits per heavy atom. The fourth-order valence-corrected chi connectivity index (χ4v) is 2.15. The SMILES string of the molecule is CCCOCC(=O)NCC(CC)(C(=O)O)c1ccccc1. The summed E-state index contributed by atoms with van der Waals surface area (Å²) in [6.07, 6.45) is 1.23. The lowest BCUT2D eigenvalue weighted by Gasteiger charge is -2.29. The Morgan fingerprint density at radius 1 is 1.24 bits per heavy atom. The summed E-state index contributed by atoms with van der Waals surface area (Å²) < 4.78 is 5.15. The Hall–Kier alpha value is -1.88. The standard InChI is InChI=1S/C16H23NO4/c1-3-10-21-11-14(18)17-12-16(4-2,15(19)20)13-8-6-5-7-9-13/h5-9H,3-4,10-12H2,1-2H3,(H,17,18)(H,19,20). The Kier molecular flexibility index (Phi) is 6.88. The molecule has 5 nitrogen and oxygen atoms in total. The van der Waals surface area contributed by atoms with Gasteiger partial charge >= 0.3 is 5.97 Å². The third-order valence-corrected chi connectivity index (χ3v) is 3.51. The van der Waals surface area contributed by atoms with Gasteiger partial charge in [-0.25, -0.2) is 0 Å². The van der Waals surface area contributed by atoms with Crippen molar-refractivity contribution in [1.29, 1.82) is 0 Å². The average molecular weight is 293 g/mol. The Labute approximate surface area is 125 Å². The van der Waals surface area contributed by atoms with Crippen LogP contribution in [0.25, 0.3) is 0 Å². The molecule has 0 aliphatic rings. The van der Waals surface area contributed by atoms with Gasteiger partial charge in [-0.3, -0.25) is 9.59 Å². The van der Waals surface area contributed by atoms with Gasteiger partial charge in [-0.2, -0.15) is 0 Å². The number of carboxylic acids is 1. The number of ether oxygens (including phenoxy) is 1. The maximum atomic E-state index is 11.7. The molecule has 1 atom stereocenters. The molecule has 0 aliphatic carbocycles. The lowest BCUT2D eigenvalue weighted by atomic mass is 9.78. The summed E-state index contributed by atoms with van der Waals surface area (Å²) in [5.41, 5.74) is -0.420. The summed E-state index contributed by atoms with van der Waals surface area (Å²) in [6, 6.07) is 8.99. The van der Waals surface area contributed by atoms with E-state index < -0.39 is 11.4 Å². The van der Waals surface area contributed by atoms with Crippen LogP contribution < -0.4 is 5.32 Å². The molecule has 21 heavy (non-hydrogen) atoms. The second kappa shape index (κ2) is 8.42. The topological polar surface area (TPSA) is 75.6 Å². The molecule has 0 saturated carbocycles. The first-order chi connectivity index (χ1) is 10.1. The molecular formula is C16H23NO4. The zero-order chi connectivity index (χ0) is 15.7. The normalized spacial score (nSPS) is 13.4. The van der Waals surface area contributed by atoms with E-state index in [-0.39, 0.29) is 19.1 Å². The van der Waals surface area contributed by atoms with E-state index in [0.29, 0.717) is 18.6 Å². The fraction of sp³-hybridized carbons (Fsp3) is 0.500. The van der Waals surface area contributed by atoms with E-state index in [1.54, 1.807) is 31.2 Å². The summed E-state index contributed by atoms with van der Waals surface area (Å²) in [6.45, 7) is 4.30. The van der Waals surface area contributed by atoms with Crippen LogP contribution in [0, 0.1) is 0 Å². The van der Waals surface area contributed by atoms with Gasteiger partial charge in [0.25, 0.3) is 0 Å². The van der Waals surface area contributed by atoms with E-state index in [1.807, 2.05) is 13.0 Å². The van der Waals surface area contributed by atoms with Crippen LogP contribution in [0.3, 0.4) is 0 Å². The van der Waals surface area contributed by atoms with Crippen LogP contribution in [0.1, 0.15) is 32.3 Å². The molecule has 1 rings (SSSR count). The lowest BCUT2D eigenvalue weighted by Crippen LogP contribution is -2.47. The molecule has 0 aliphatic heterocycles. The molecular weight excluding hydrogens is 270 g/mol. The Morgan fingerprint density at radius 3 is 2.43 bits per heavy atom. The highest BCUT2D eigenvalue weighted by Crippen LogP contribution is 2.27. The molecule has 116 valence electrons. The first-order valence-corrected chi connectivity index (χ1v) is 7.20. The van der Waals surface area contributed by atoms with Crippen molar-refractivity contribution >= 4 is 11.9 Å². The van der Waals surface area contributed by atoms with Crippen molar-refractivity contribution in [2.45, 2.75) is 32.1 Å². The zero-order valence-electron chi connectivity index (χ0n) is 12.6. The minimum atomic E-state index is -1.11. The number of amides is 1. The van der Waals surface area contributed by atoms with Crippen molar-refractivity contribution in [1.82, 2.24) is 5.32 Å². The summed E-state index contributed by atoms with van der Waals surface area (Å²) in [5, 5.41) is 12.3. The molecule has 0 spiro atoms. The number of hydrogen-bond donors (Lipinski definition) is 2. The number of hydrogen-bond acceptors (Lipinski definition) is 3. The molecule has 5 heteroatoms. The highest BCUT2D eigenvalue weighted by Gasteiger charge is 2.38. The van der Waals surface area contributed by atoms with E-state index in [0.717, 1.165) is 6.42 Å². The Balaban J connectivity index is 2.76. The molecule has 0 bridgehead atoms. The average Bonchev–Trinajstić information content (AvgIpc) is 2.49. The number of benzene rings is 1. The molecule has 0 aromatic heterocycles. The number of carboxylic acid groups (broad SMARTS) is 1. The van der Waals surface area contributed by atoms with Crippen LogP contribution >= 0.6 is 0 Å². The maximum Gasteiger partial charge on any atom is 0.315 e. The fourth-order valence-electron chi connectivity index (χ4n) is 2.15. The number of nitrogens with one attached hydrogen (secondary N) is 1. The van der Waals surface area contributed by atoms with Crippen LogP contribution in [0.4, 0.5) is 0 Å². The zero-order valence-corrected chi connectivity index (χ0v) is 12.6. The molecule has 0 heterocycles. The lowest BCUT2D eigenvalue weighted by molar-refractivity contribution is -0.144. The van der Waals surface area contributed by atoms with E-state index in [9.17, 15) is 14.7 Å². The van der Waals surface area contributed by atoms with Crippen LogP contribution in [0.2, 0.25) is 0 Å². The highest BCUT2D eigenvalue weighted by molar-refractivity contribution is 5.84. The van der Waals surface area contributed by atoms with Crippen LogP contribution in [-0.2, 0) is 19.7 Å². The Bertz CT molecular complexity index is 461. The van der Waals surface area contributed by atoms with Gasteiger partial charge in [0.15, 0.2) is 0 Å². The van der Waals surface area contributed by atoms with Gasteiger partial charge in [0.1, 0.15) is 12.0 Å². The van der Waals surface area contributed by atoms with E-state index in [4.69, 9.17) is 4.74 Å². The minimum absolute atomic E-state index is 0.0396. The van der Waals surface area contributed by atoms with E-state index >= 15 is 0 Å². The summed E-state index contributed by atoms with van der Waals surface area (Å²) in [7, 11) is 0. The van der Waals surface area contributed by atoms with Gasteiger partial charge in [0.2, 0.25) is 5.91 Å².